The number of thioether (sulfide) groups is 1. The highest BCUT2D eigenvalue weighted by molar-refractivity contribution is 7.99. The molecular formula is C17H15F3N2O2S. The molecule has 0 bridgehead atoms. The minimum absolute atomic E-state index is 0.251. The molecule has 132 valence electrons. The van der Waals surface area contributed by atoms with Crippen LogP contribution in [0.3, 0.4) is 0 Å². The summed E-state index contributed by atoms with van der Waals surface area (Å²) in [5, 5.41) is 2.06. The van der Waals surface area contributed by atoms with Crippen LogP contribution in [0.4, 0.5) is 23.7 Å². The lowest BCUT2D eigenvalue weighted by molar-refractivity contribution is 0.214. The van der Waals surface area contributed by atoms with Crippen LogP contribution in [0, 0.1) is 17.5 Å². The topological polar surface area (TPSA) is 41.6 Å². The van der Waals surface area contributed by atoms with Crippen molar-refractivity contribution < 1.29 is 22.7 Å². The Morgan fingerprint density at radius 2 is 1.88 bits per heavy atom. The van der Waals surface area contributed by atoms with Crippen molar-refractivity contribution in [1.29, 1.82) is 0 Å². The number of hydrogen-bond acceptors (Lipinski definition) is 3. The zero-order valence-corrected chi connectivity index (χ0v) is 14.1. The summed E-state index contributed by atoms with van der Waals surface area (Å²) in [6, 6.07) is 8.47. The molecule has 0 spiro atoms. The number of carbonyl (C=O) groups is 1. The van der Waals surface area contributed by atoms with E-state index in [-0.39, 0.29) is 5.37 Å². The molecule has 1 N–H and O–H groups in total. The minimum atomic E-state index is -1.61. The van der Waals surface area contributed by atoms with E-state index in [1.54, 1.807) is 31.0 Å². The van der Waals surface area contributed by atoms with Crippen LogP contribution in [0.1, 0.15) is 10.9 Å². The molecule has 0 radical (unpaired) electrons. The maximum atomic E-state index is 13.7. The molecule has 2 aromatic carbocycles. The van der Waals surface area contributed by atoms with E-state index in [2.05, 4.69) is 5.32 Å². The van der Waals surface area contributed by atoms with Gasteiger partial charge in [-0.2, -0.15) is 0 Å². The second-order valence-electron chi connectivity index (χ2n) is 5.34. The Balaban J connectivity index is 1.77. The third-order valence-corrected chi connectivity index (χ3v) is 5.09. The maximum absolute atomic E-state index is 13.7. The molecule has 0 aliphatic carbocycles. The van der Waals surface area contributed by atoms with Gasteiger partial charge in [0, 0.05) is 12.3 Å². The Morgan fingerprint density at radius 3 is 2.56 bits per heavy atom. The standard InChI is InChI=1S/C17H15F3N2O2S/c1-24-11-4-2-10(3-5-11)16-22(8-9-25-16)17(23)21-13-7-6-12(18)14(19)15(13)20/h2-7,16H,8-9H2,1H3,(H,21,23). The first-order valence-corrected chi connectivity index (χ1v) is 8.53. The lowest BCUT2D eigenvalue weighted by Crippen LogP contribution is -2.34. The zero-order chi connectivity index (χ0) is 18.0. The van der Waals surface area contributed by atoms with Crippen molar-refractivity contribution in [1.82, 2.24) is 4.90 Å². The van der Waals surface area contributed by atoms with E-state index in [1.807, 2.05) is 12.1 Å². The number of methoxy groups -OCH3 is 1. The fraction of sp³-hybridized carbons (Fsp3) is 0.235. The number of rotatable bonds is 3. The van der Waals surface area contributed by atoms with Gasteiger partial charge in [-0.05, 0) is 29.8 Å². The maximum Gasteiger partial charge on any atom is 0.323 e. The van der Waals surface area contributed by atoms with Gasteiger partial charge in [-0.15, -0.1) is 11.8 Å². The van der Waals surface area contributed by atoms with E-state index in [0.29, 0.717) is 18.0 Å². The van der Waals surface area contributed by atoms with Crippen molar-refractivity contribution in [3.63, 3.8) is 0 Å². The van der Waals surface area contributed by atoms with Gasteiger partial charge in [0.05, 0.1) is 12.8 Å². The highest BCUT2D eigenvalue weighted by atomic mass is 32.2. The monoisotopic (exact) mass is 368 g/mol. The molecule has 1 heterocycles. The summed E-state index contributed by atoms with van der Waals surface area (Å²) < 4.78 is 45.2. The number of benzene rings is 2. The van der Waals surface area contributed by atoms with Gasteiger partial charge in [0.15, 0.2) is 17.5 Å². The van der Waals surface area contributed by atoms with Crippen LogP contribution in [0.5, 0.6) is 5.75 Å². The minimum Gasteiger partial charge on any atom is -0.497 e. The van der Waals surface area contributed by atoms with E-state index >= 15 is 0 Å². The highest BCUT2D eigenvalue weighted by Crippen LogP contribution is 2.38. The van der Waals surface area contributed by atoms with Gasteiger partial charge in [-0.1, -0.05) is 12.1 Å². The normalized spacial score (nSPS) is 16.8. The molecule has 1 atom stereocenters. The summed E-state index contributed by atoms with van der Waals surface area (Å²) in [5.41, 5.74) is 0.499. The molecular weight excluding hydrogens is 353 g/mol. The number of anilines is 1. The van der Waals surface area contributed by atoms with Crippen LogP contribution in [0.25, 0.3) is 0 Å². The molecule has 1 unspecified atom stereocenters. The number of carbonyl (C=O) groups excluding carboxylic acids is 1. The van der Waals surface area contributed by atoms with Crippen molar-refractivity contribution >= 4 is 23.5 Å². The Hall–Kier alpha value is -2.35. The summed E-state index contributed by atoms with van der Waals surface area (Å²) >= 11 is 1.56. The third-order valence-electron chi connectivity index (χ3n) is 3.83. The predicted octanol–water partition coefficient (Wildman–Crippen LogP) is 4.39. The van der Waals surface area contributed by atoms with Crippen LogP contribution in [0.2, 0.25) is 0 Å². The lowest BCUT2D eigenvalue weighted by atomic mass is 10.2. The van der Waals surface area contributed by atoms with Gasteiger partial charge >= 0.3 is 6.03 Å². The second-order valence-corrected chi connectivity index (χ2v) is 6.53. The number of urea groups is 1. The SMILES string of the molecule is COc1ccc(C2SCCN2C(=O)Nc2ccc(F)c(F)c2F)cc1. The Kier molecular flexibility index (Phi) is 5.08. The highest BCUT2D eigenvalue weighted by Gasteiger charge is 2.31. The van der Waals surface area contributed by atoms with Crippen LogP contribution < -0.4 is 10.1 Å². The van der Waals surface area contributed by atoms with E-state index in [1.165, 1.54) is 4.90 Å². The zero-order valence-electron chi connectivity index (χ0n) is 13.3. The summed E-state index contributed by atoms with van der Waals surface area (Å²) in [6.07, 6.45) is 0. The first-order valence-electron chi connectivity index (χ1n) is 7.48. The molecule has 1 fully saturated rings. The first-order chi connectivity index (χ1) is 12.0. The van der Waals surface area contributed by atoms with Crippen molar-refractivity contribution in [2.75, 3.05) is 24.7 Å². The van der Waals surface area contributed by atoms with Gasteiger partial charge in [0.25, 0.3) is 0 Å². The Labute approximate surface area is 147 Å². The van der Waals surface area contributed by atoms with Crippen molar-refractivity contribution in [3.05, 3.63) is 59.4 Å². The van der Waals surface area contributed by atoms with Gasteiger partial charge in [0.2, 0.25) is 0 Å². The number of nitrogens with zero attached hydrogens (tertiary/aromatic N) is 1. The summed E-state index contributed by atoms with van der Waals surface area (Å²) in [5.74, 6) is -2.92. The Bertz CT molecular complexity index is 786. The number of hydrogen-bond donors (Lipinski definition) is 1. The largest absolute Gasteiger partial charge is 0.497 e. The summed E-state index contributed by atoms with van der Waals surface area (Å²) in [6.45, 7) is 0.457. The molecule has 25 heavy (non-hydrogen) atoms. The summed E-state index contributed by atoms with van der Waals surface area (Å²) in [4.78, 5) is 14.0. The quantitative estimate of drug-likeness (QED) is 0.817. The molecule has 2 aromatic rings. The molecule has 3 rings (SSSR count). The van der Waals surface area contributed by atoms with E-state index in [9.17, 15) is 18.0 Å². The number of amides is 2. The van der Waals surface area contributed by atoms with Crippen molar-refractivity contribution in [3.8, 4) is 5.75 Å². The van der Waals surface area contributed by atoms with E-state index in [0.717, 1.165) is 17.7 Å². The van der Waals surface area contributed by atoms with Gasteiger partial charge in [-0.25, -0.2) is 18.0 Å². The van der Waals surface area contributed by atoms with E-state index < -0.39 is 29.2 Å². The molecule has 8 heteroatoms. The number of nitrogens with one attached hydrogen (secondary N) is 1. The first kappa shape index (κ1) is 17.5. The van der Waals surface area contributed by atoms with Gasteiger partial charge in [-0.3, -0.25) is 0 Å². The number of ether oxygens (including phenoxy) is 1. The van der Waals surface area contributed by atoms with Crippen LogP contribution in [0.15, 0.2) is 36.4 Å². The molecule has 0 aromatic heterocycles. The second kappa shape index (κ2) is 7.26. The molecule has 0 saturated carbocycles. The molecule has 1 aliphatic rings. The number of halogens is 3. The Morgan fingerprint density at radius 1 is 1.16 bits per heavy atom. The fourth-order valence-electron chi connectivity index (χ4n) is 2.53. The van der Waals surface area contributed by atoms with Crippen LogP contribution in [-0.4, -0.2) is 30.3 Å². The van der Waals surface area contributed by atoms with E-state index in [4.69, 9.17) is 4.74 Å². The predicted molar refractivity (Wildman–Crippen MR) is 90.2 cm³/mol. The molecule has 4 nitrogen and oxygen atoms in total. The average molecular weight is 368 g/mol. The van der Waals surface area contributed by atoms with Gasteiger partial charge < -0.3 is 15.0 Å². The van der Waals surface area contributed by atoms with Crippen molar-refractivity contribution in [2.24, 2.45) is 0 Å². The van der Waals surface area contributed by atoms with Crippen molar-refractivity contribution in [2.45, 2.75) is 5.37 Å². The third kappa shape index (κ3) is 3.53. The molecule has 1 aliphatic heterocycles. The molecule has 1 saturated heterocycles. The average Bonchev–Trinajstić information content (AvgIpc) is 3.12. The van der Waals surface area contributed by atoms with Gasteiger partial charge in [0.1, 0.15) is 11.1 Å². The smallest absolute Gasteiger partial charge is 0.323 e. The fourth-order valence-corrected chi connectivity index (χ4v) is 3.79. The van der Waals surface area contributed by atoms with Crippen LogP contribution in [-0.2, 0) is 0 Å². The van der Waals surface area contributed by atoms with Crippen LogP contribution >= 0.6 is 11.8 Å². The lowest BCUT2D eigenvalue weighted by Gasteiger charge is -2.24. The summed E-state index contributed by atoms with van der Waals surface area (Å²) in [7, 11) is 1.56. The molecule has 2 amide bonds.